The van der Waals surface area contributed by atoms with Gasteiger partial charge < -0.3 is 28.8 Å². The number of carbonyl (C=O) groups is 1. The molecular formula is C29H44O8. The fourth-order valence-corrected chi connectivity index (χ4v) is 7.15. The van der Waals surface area contributed by atoms with Gasteiger partial charge in [0.1, 0.15) is 17.3 Å². The van der Waals surface area contributed by atoms with Crippen LogP contribution >= 0.6 is 0 Å². The van der Waals surface area contributed by atoms with Gasteiger partial charge in [0.25, 0.3) is 0 Å². The largest absolute Gasteiger partial charge is 0.465 e. The number of aryl methyl sites for hydroxylation is 1. The zero-order chi connectivity index (χ0) is 27.8. The van der Waals surface area contributed by atoms with Crippen molar-refractivity contribution in [3.8, 4) is 0 Å². The molecule has 4 aliphatic rings. The van der Waals surface area contributed by atoms with Crippen LogP contribution in [0.5, 0.6) is 0 Å². The first-order valence-electron chi connectivity index (χ1n) is 13.8. The Bertz CT molecular complexity index is 1120. The average Bonchev–Trinajstić information content (AvgIpc) is 2.88. The molecule has 5 rings (SSSR count). The van der Waals surface area contributed by atoms with Crippen LogP contribution in [0.1, 0.15) is 90.4 Å². The first-order valence-corrected chi connectivity index (χ1v) is 13.8. The number of hydrogen-bond donors (Lipinski definition) is 2. The molecule has 5 heterocycles. The van der Waals surface area contributed by atoms with Gasteiger partial charge in [-0.2, -0.15) is 0 Å². The first kappa shape index (κ1) is 28.4. The molecule has 4 fully saturated rings. The van der Waals surface area contributed by atoms with E-state index in [0.29, 0.717) is 35.5 Å². The van der Waals surface area contributed by atoms with Gasteiger partial charge in [-0.3, -0.25) is 9.59 Å². The predicted molar refractivity (Wildman–Crippen MR) is 137 cm³/mol. The van der Waals surface area contributed by atoms with Crippen LogP contribution in [0.25, 0.3) is 0 Å². The van der Waals surface area contributed by atoms with Crippen molar-refractivity contribution >= 4 is 5.78 Å². The van der Waals surface area contributed by atoms with Crippen LogP contribution in [-0.2, 0) is 25.4 Å². The summed E-state index contributed by atoms with van der Waals surface area (Å²) in [5.74, 6) is -6.36. The molecule has 0 radical (unpaired) electrons. The second-order valence-electron chi connectivity index (χ2n) is 11.7. The van der Waals surface area contributed by atoms with Gasteiger partial charge in [-0.05, 0) is 27.2 Å². The summed E-state index contributed by atoms with van der Waals surface area (Å²) in [7, 11) is 0. The van der Waals surface area contributed by atoms with Crippen molar-refractivity contribution in [1.82, 2.24) is 0 Å². The molecule has 0 saturated carbocycles. The highest BCUT2D eigenvalue weighted by atomic mass is 16.9. The number of hydrogen-bond acceptors (Lipinski definition) is 8. The minimum Gasteiger partial charge on any atom is -0.465 e. The number of rotatable bonds is 8. The molecule has 8 heteroatoms. The topological polar surface area (TPSA) is 115 Å². The smallest absolute Gasteiger partial charge is 0.191 e. The summed E-state index contributed by atoms with van der Waals surface area (Å²) in [5, 5.41) is 23.3. The van der Waals surface area contributed by atoms with E-state index in [4.69, 9.17) is 18.6 Å². The fraction of sp³-hybridized carbons (Fsp3) is 0.793. The van der Waals surface area contributed by atoms with Crippen LogP contribution in [0.15, 0.2) is 9.21 Å². The van der Waals surface area contributed by atoms with E-state index < -0.39 is 47.1 Å². The molecule has 0 spiro atoms. The van der Waals surface area contributed by atoms with E-state index in [2.05, 4.69) is 0 Å². The highest BCUT2D eigenvalue weighted by Gasteiger charge is 2.77. The Hall–Kier alpha value is -1.58. The summed E-state index contributed by atoms with van der Waals surface area (Å²) in [6.07, 6.45) is -0.404. The third-order valence-corrected chi connectivity index (χ3v) is 9.99. The quantitative estimate of drug-likeness (QED) is 0.529. The van der Waals surface area contributed by atoms with Crippen LogP contribution in [-0.4, -0.2) is 45.6 Å². The maximum atomic E-state index is 13.7. The molecule has 208 valence electrons. The van der Waals surface area contributed by atoms with Gasteiger partial charge in [0.15, 0.2) is 22.8 Å². The zero-order valence-corrected chi connectivity index (χ0v) is 23.9. The Morgan fingerprint density at radius 3 is 2.22 bits per heavy atom. The first-order chi connectivity index (χ1) is 17.1. The van der Waals surface area contributed by atoms with E-state index in [-0.39, 0.29) is 29.2 Å². The second kappa shape index (κ2) is 9.26. The molecule has 4 saturated heterocycles. The highest BCUT2D eigenvalue weighted by molar-refractivity contribution is 5.87. The monoisotopic (exact) mass is 520 g/mol. The molecule has 1 aromatic heterocycles. The van der Waals surface area contributed by atoms with Crippen molar-refractivity contribution in [1.29, 1.82) is 0 Å². The minimum absolute atomic E-state index is 0.114. The number of carbonyl (C=O) groups excluding carboxylic acids is 1. The summed E-state index contributed by atoms with van der Waals surface area (Å²) in [6.45, 7) is 18.2. The van der Waals surface area contributed by atoms with E-state index >= 15 is 0 Å². The van der Waals surface area contributed by atoms with Crippen molar-refractivity contribution in [2.75, 3.05) is 0 Å². The lowest BCUT2D eigenvalue weighted by molar-refractivity contribution is -0.593. The van der Waals surface area contributed by atoms with E-state index in [1.165, 1.54) is 0 Å². The number of aliphatic hydroxyl groups is 2. The summed E-state index contributed by atoms with van der Waals surface area (Å²) in [6, 6.07) is 0. The molecule has 2 N–H and O–H groups in total. The SMILES string of the molecule is CCc1oc([C@@H](C)C(=O)[C@H](C)[C@H](O)[C@H](C)[C@@]23O[C@@H]4C(C)C(O)(O[C@@](CC)(O2)C4C)C3C)c(C)c(=O)c1C. The van der Waals surface area contributed by atoms with Gasteiger partial charge in [-0.1, -0.05) is 48.5 Å². The molecule has 4 aliphatic heterocycles. The lowest BCUT2D eigenvalue weighted by Gasteiger charge is -2.72. The van der Waals surface area contributed by atoms with Crippen LogP contribution in [0.2, 0.25) is 0 Å². The van der Waals surface area contributed by atoms with E-state index in [0.717, 1.165) is 0 Å². The molecule has 4 bridgehead atoms. The average molecular weight is 521 g/mol. The standard InChI is InChI=1S/C29H44O8/c1-11-21-13(3)22(30)15(5)25(34-21)16(6)23(31)14(4)24(32)17(7)29-20(10)28(33)19(9)26(35-29)18(8)27(12-2,36-28)37-29/h14,16-20,24,26,32-33H,11-12H2,1-10H3/t14-,16-,17-,18?,19?,20?,24-,26-,27-,28?,29+/m0/s1. The van der Waals surface area contributed by atoms with Crippen LogP contribution in [0, 0.1) is 43.4 Å². The van der Waals surface area contributed by atoms with Gasteiger partial charge in [-0.15, -0.1) is 0 Å². The van der Waals surface area contributed by atoms with Crippen molar-refractivity contribution < 1.29 is 33.6 Å². The maximum absolute atomic E-state index is 13.7. The second-order valence-corrected chi connectivity index (χ2v) is 11.7. The van der Waals surface area contributed by atoms with Crippen LogP contribution in [0.4, 0.5) is 0 Å². The van der Waals surface area contributed by atoms with Gasteiger partial charge in [0.05, 0.1) is 24.0 Å². The minimum atomic E-state index is -1.48. The Balaban J connectivity index is 1.65. The number of Topliss-reactive ketones (excluding diaryl/α,β-unsaturated/α-hetero) is 1. The maximum Gasteiger partial charge on any atom is 0.191 e. The molecule has 8 nitrogen and oxygen atoms in total. The number of ketones is 1. The van der Waals surface area contributed by atoms with Gasteiger partial charge in [0.2, 0.25) is 0 Å². The van der Waals surface area contributed by atoms with E-state index in [9.17, 15) is 19.8 Å². The summed E-state index contributed by atoms with van der Waals surface area (Å²) < 4.78 is 25.5. The summed E-state index contributed by atoms with van der Waals surface area (Å²) in [4.78, 5) is 26.4. The fourth-order valence-electron chi connectivity index (χ4n) is 7.15. The third-order valence-electron chi connectivity index (χ3n) is 9.99. The molecular weight excluding hydrogens is 476 g/mol. The molecule has 0 aliphatic carbocycles. The Kier molecular flexibility index (Phi) is 7.12. The Morgan fingerprint density at radius 1 is 1.03 bits per heavy atom. The zero-order valence-electron chi connectivity index (χ0n) is 23.9. The molecule has 0 amide bonds. The van der Waals surface area contributed by atoms with Crippen LogP contribution in [0.3, 0.4) is 0 Å². The summed E-state index contributed by atoms with van der Waals surface area (Å²) in [5.41, 5.74) is 0.854. The normalized spacial score (nSPS) is 39.9. The van der Waals surface area contributed by atoms with Crippen molar-refractivity contribution in [3.05, 3.63) is 32.9 Å². The lowest BCUT2D eigenvalue weighted by Crippen LogP contribution is -2.83. The molecule has 4 unspecified atom stereocenters. The third kappa shape index (κ3) is 3.73. The summed E-state index contributed by atoms with van der Waals surface area (Å²) >= 11 is 0. The highest BCUT2D eigenvalue weighted by Crippen LogP contribution is 2.64. The number of aliphatic hydroxyl groups excluding tert-OH is 1. The van der Waals surface area contributed by atoms with Gasteiger partial charge in [0, 0.05) is 41.2 Å². The molecule has 0 aromatic carbocycles. The van der Waals surface area contributed by atoms with Crippen molar-refractivity contribution in [2.24, 2.45) is 29.6 Å². The lowest BCUT2D eigenvalue weighted by atomic mass is 9.63. The Morgan fingerprint density at radius 2 is 1.65 bits per heavy atom. The number of ether oxygens (including phenoxy) is 3. The predicted octanol–water partition coefficient (Wildman–Crippen LogP) is 3.98. The van der Waals surface area contributed by atoms with Gasteiger partial charge >= 0.3 is 0 Å². The van der Waals surface area contributed by atoms with Gasteiger partial charge in [-0.25, -0.2) is 0 Å². The molecule has 11 atom stereocenters. The molecule has 1 aromatic rings. The van der Waals surface area contributed by atoms with Crippen molar-refractivity contribution in [2.45, 2.75) is 118 Å². The van der Waals surface area contributed by atoms with E-state index in [1.54, 1.807) is 34.6 Å². The molecule has 37 heavy (non-hydrogen) atoms. The van der Waals surface area contributed by atoms with E-state index in [1.807, 2.05) is 34.6 Å². The van der Waals surface area contributed by atoms with Crippen LogP contribution < -0.4 is 5.43 Å². The van der Waals surface area contributed by atoms with Crippen molar-refractivity contribution in [3.63, 3.8) is 0 Å². The Labute approximate surface area is 219 Å².